The van der Waals surface area contributed by atoms with Crippen molar-refractivity contribution < 1.29 is 4.79 Å². The number of piperidine rings is 1. The van der Waals surface area contributed by atoms with E-state index in [1.54, 1.807) is 0 Å². The molecule has 7 heteroatoms. The number of nitrogens with one attached hydrogen (secondary N) is 1. The summed E-state index contributed by atoms with van der Waals surface area (Å²) >= 11 is 0. The summed E-state index contributed by atoms with van der Waals surface area (Å²) in [6, 6.07) is 1.82. The van der Waals surface area contributed by atoms with Gasteiger partial charge < -0.3 is 9.80 Å². The number of carbonyl (C=O) groups excluding carboxylic acids is 1. The molecule has 1 saturated heterocycles. The lowest BCUT2D eigenvalue weighted by atomic mass is 9.77. The van der Waals surface area contributed by atoms with E-state index in [-0.39, 0.29) is 11.3 Å². The van der Waals surface area contributed by atoms with Crippen LogP contribution in [0.25, 0.3) is 0 Å². The van der Waals surface area contributed by atoms with Crippen molar-refractivity contribution in [2.45, 2.75) is 38.0 Å². The fourth-order valence-electron chi connectivity index (χ4n) is 4.14. The van der Waals surface area contributed by atoms with Crippen molar-refractivity contribution in [2.24, 2.45) is 0 Å². The fourth-order valence-corrected chi connectivity index (χ4v) is 4.14. The average Bonchev–Trinajstić information content (AvgIpc) is 3.19. The Kier molecular flexibility index (Phi) is 3.74. The molecule has 132 valence electrons. The van der Waals surface area contributed by atoms with Crippen molar-refractivity contribution in [1.82, 2.24) is 25.1 Å². The summed E-state index contributed by atoms with van der Waals surface area (Å²) < 4.78 is 0. The van der Waals surface area contributed by atoms with Crippen LogP contribution in [-0.2, 0) is 11.8 Å². The Morgan fingerprint density at radius 1 is 1.36 bits per heavy atom. The quantitative estimate of drug-likeness (QED) is 0.900. The van der Waals surface area contributed by atoms with Gasteiger partial charge in [0, 0.05) is 44.5 Å². The molecule has 1 aliphatic heterocycles. The first-order valence-electron chi connectivity index (χ1n) is 8.83. The zero-order valence-corrected chi connectivity index (χ0v) is 15.0. The van der Waals surface area contributed by atoms with E-state index in [1.807, 2.05) is 43.1 Å². The van der Waals surface area contributed by atoms with E-state index < -0.39 is 0 Å². The third-order valence-corrected chi connectivity index (χ3v) is 5.42. The second kappa shape index (κ2) is 5.82. The van der Waals surface area contributed by atoms with Crippen molar-refractivity contribution in [3.63, 3.8) is 0 Å². The SMILES string of the molecule is Cc1cc(C(=O)N2CCCC3(CCc4cnc(N(C)C)nc43)C2)n[nH]1. The largest absolute Gasteiger partial charge is 0.347 e. The minimum atomic E-state index is -0.0394. The van der Waals surface area contributed by atoms with Gasteiger partial charge in [0.05, 0.1) is 5.69 Å². The lowest BCUT2D eigenvalue weighted by Crippen LogP contribution is -2.48. The van der Waals surface area contributed by atoms with Gasteiger partial charge >= 0.3 is 0 Å². The number of nitrogens with zero attached hydrogens (tertiary/aromatic N) is 5. The first kappa shape index (κ1) is 16.1. The Balaban J connectivity index is 1.64. The van der Waals surface area contributed by atoms with E-state index in [0.717, 1.165) is 49.6 Å². The Labute approximate surface area is 147 Å². The van der Waals surface area contributed by atoms with Crippen LogP contribution in [0.5, 0.6) is 0 Å². The van der Waals surface area contributed by atoms with Gasteiger partial charge in [-0.1, -0.05) is 0 Å². The van der Waals surface area contributed by atoms with Crippen LogP contribution in [-0.4, -0.2) is 58.2 Å². The van der Waals surface area contributed by atoms with E-state index in [2.05, 4.69) is 15.2 Å². The first-order valence-corrected chi connectivity index (χ1v) is 8.83. The molecule has 0 bridgehead atoms. The van der Waals surface area contributed by atoms with Crippen molar-refractivity contribution in [3.05, 3.63) is 34.9 Å². The smallest absolute Gasteiger partial charge is 0.274 e. The van der Waals surface area contributed by atoms with E-state index in [9.17, 15) is 4.79 Å². The Morgan fingerprint density at radius 3 is 2.92 bits per heavy atom. The van der Waals surface area contributed by atoms with E-state index >= 15 is 0 Å². The van der Waals surface area contributed by atoms with E-state index in [0.29, 0.717) is 12.2 Å². The molecule has 25 heavy (non-hydrogen) atoms. The Morgan fingerprint density at radius 2 is 2.20 bits per heavy atom. The molecule has 1 N–H and O–H groups in total. The van der Waals surface area contributed by atoms with Gasteiger partial charge in [-0.2, -0.15) is 5.10 Å². The molecular formula is C18H24N6O. The highest BCUT2D eigenvalue weighted by atomic mass is 16.2. The fraction of sp³-hybridized carbons (Fsp3) is 0.556. The normalized spacial score (nSPS) is 22.3. The van der Waals surface area contributed by atoms with Gasteiger partial charge in [-0.25, -0.2) is 9.97 Å². The van der Waals surface area contributed by atoms with Crippen LogP contribution >= 0.6 is 0 Å². The molecule has 1 atom stereocenters. The maximum Gasteiger partial charge on any atom is 0.274 e. The number of anilines is 1. The van der Waals surface area contributed by atoms with Crippen LogP contribution in [0.3, 0.4) is 0 Å². The van der Waals surface area contributed by atoms with Gasteiger partial charge in [0.15, 0.2) is 0 Å². The van der Waals surface area contributed by atoms with Crippen molar-refractivity contribution in [1.29, 1.82) is 0 Å². The number of aryl methyl sites for hydroxylation is 2. The van der Waals surface area contributed by atoms with Gasteiger partial charge in [0.1, 0.15) is 5.69 Å². The van der Waals surface area contributed by atoms with Gasteiger partial charge in [-0.15, -0.1) is 0 Å². The monoisotopic (exact) mass is 340 g/mol. The van der Waals surface area contributed by atoms with Crippen LogP contribution in [0, 0.1) is 6.92 Å². The Bertz CT molecular complexity index is 810. The van der Waals surface area contributed by atoms with Crippen LogP contribution in [0.4, 0.5) is 5.95 Å². The lowest BCUT2D eigenvalue weighted by molar-refractivity contribution is 0.0627. The van der Waals surface area contributed by atoms with Crippen LogP contribution in [0.1, 0.15) is 46.7 Å². The third-order valence-electron chi connectivity index (χ3n) is 5.42. The highest BCUT2D eigenvalue weighted by Gasteiger charge is 2.45. The maximum atomic E-state index is 12.8. The minimum absolute atomic E-state index is 0.0127. The average molecular weight is 340 g/mol. The highest BCUT2D eigenvalue weighted by Crippen LogP contribution is 2.44. The van der Waals surface area contributed by atoms with Crippen molar-refractivity contribution in [2.75, 3.05) is 32.1 Å². The molecule has 2 aromatic heterocycles. The first-order chi connectivity index (χ1) is 12.0. The van der Waals surface area contributed by atoms with Crippen LogP contribution in [0.15, 0.2) is 12.3 Å². The lowest BCUT2D eigenvalue weighted by Gasteiger charge is -2.40. The summed E-state index contributed by atoms with van der Waals surface area (Å²) in [5.41, 5.74) is 3.74. The standard InChI is InChI=1S/C18H24N6O/c1-12-9-14(22-21-12)16(25)24-8-4-6-18(11-24)7-5-13-10-19-17(23(2)3)20-15(13)18/h9-10H,4-8,11H2,1-3H3,(H,21,22). The molecular weight excluding hydrogens is 316 g/mol. The second-order valence-corrected chi connectivity index (χ2v) is 7.49. The zero-order valence-electron chi connectivity index (χ0n) is 15.0. The minimum Gasteiger partial charge on any atom is -0.347 e. The summed E-state index contributed by atoms with van der Waals surface area (Å²) in [5.74, 6) is 0.755. The summed E-state index contributed by atoms with van der Waals surface area (Å²) in [7, 11) is 3.92. The molecule has 1 spiro atoms. The summed E-state index contributed by atoms with van der Waals surface area (Å²) in [4.78, 5) is 26.0. The Hall–Kier alpha value is -2.44. The van der Waals surface area contributed by atoms with Crippen LogP contribution in [0.2, 0.25) is 0 Å². The molecule has 1 amide bonds. The van der Waals surface area contributed by atoms with Crippen molar-refractivity contribution in [3.8, 4) is 0 Å². The summed E-state index contributed by atoms with van der Waals surface area (Å²) in [6.45, 7) is 3.41. The number of H-pyrrole nitrogens is 1. The predicted molar refractivity (Wildman–Crippen MR) is 94.8 cm³/mol. The van der Waals surface area contributed by atoms with Gasteiger partial charge in [-0.3, -0.25) is 9.89 Å². The molecule has 2 aromatic rings. The maximum absolute atomic E-state index is 12.8. The molecule has 2 aliphatic rings. The molecule has 0 radical (unpaired) electrons. The van der Waals surface area contributed by atoms with E-state index in [4.69, 9.17) is 4.98 Å². The topological polar surface area (TPSA) is 78.0 Å². The predicted octanol–water partition coefficient (Wildman–Crippen LogP) is 1.69. The number of fused-ring (bicyclic) bond motifs is 2. The molecule has 1 fully saturated rings. The summed E-state index contributed by atoms with van der Waals surface area (Å²) in [5, 5.41) is 7.00. The number of carbonyl (C=O) groups is 1. The number of hydrogen-bond acceptors (Lipinski definition) is 5. The molecule has 4 rings (SSSR count). The third kappa shape index (κ3) is 2.67. The van der Waals surface area contributed by atoms with E-state index in [1.165, 1.54) is 5.56 Å². The number of rotatable bonds is 2. The van der Waals surface area contributed by atoms with Gasteiger partial charge in [0.2, 0.25) is 5.95 Å². The number of hydrogen-bond donors (Lipinski definition) is 1. The molecule has 1 unspecified atom stereocenters. The molecule has 3 heterocycles. The number of aromatic amines is 1. The summed E-state index contributed by atoms with van der Waals surface area (Å²) in [6.07, 6.45) is 6.07. The zero-order chi connectivity index (χ0) is 17.6. The van der Waals surface area contributed by atoms with Crippen molar-refractivity contribution >= 4 is 11.9 Å². The molecule has 0 saturated carbocycles. The van der Waals surface area contributed by atoms with Crippen LogP contribution < -0.4 is 4.90 Å². The molecule has 7 nitrogen and oxygen atoms in total. The number of likely N-dealkylation sites (tertiary alicyclic amines) is 1. The molecule has 0 aromatic carbocycles. The number of aromatic nitrogens is 4. The number of amides is 1. The van der Waals surface area contributed by atoms with Gasteiger partial charge in [0.25, 0.3) is 5.91 Å². The second-order valence-electron chi connectivity index (χ2n) is 7.49. The van der Waals surface area contributed by atoms with Gasteiger partial charge in [-0.05, 0) is 44.2 Å². The highest BCUT2D eigenvalue weighted by molar-refractivity contribution is 5.92. The molecule has 1 aliphatic carbocycles.